The monoisotopic (exact) mass is 221 g/mol. The topological polar surface area (TPSA) is 30.5 Å². The van der Waals surface area contributed by atoms with Crippen LogP contribution in [0.5, 0.6) is 5.75 Å². The molecule has 1 N–H and O–H groups in total. The van der Waals surface area contributed by atoms with Gasteiger partial charge in [0.2, 0.25) is 0 Å². The Balaban J connectivity index is 2.12. The zero-order chi connectivity index (χ0) is 11.4. The highest BCUT2D eigenvalue weighted by molar-refractivity contribution is 5.45. The first-order valence-electron chi connectivity index (χ1n) is 5.77. The van der Waals surface area contributed by atoms with Crippen LogP contribution in [0.25, 0.3) is 0 Å². The third-order valence-corrected chi connectivity index (χ3v) is 3.12. The zero-order valence-corrected chi connectivity index (χ0v) is 9.95. The van der Waals surface area contributed by atoms with Crippen LogP contribution in [0.4, 0.5) is 0 Å². The van der Waals surface area contributed by atoms with Crippen LogP contribution >= 0.6 is 0 Å². The predicted octanol–water partition coefficient (Wildman–Crippen LogP) is 1.92. The number of hydrogen-bond acceptors (Lipinski definition) is 3. The van der Waals surface area contributed by atoms with Crippen molar-refractivity contribution in [3.05, 3.63) is 29.3 Å². The molecular weight excluding hydrogens is 202 g/mol. The van der Waals surface area contributed by atoms with E-state index in [0.717, 1.165) is 18.6 Å². The second kappa shape index (κ2) is 5.32. The molecule has 0 fully saturated rings. The number of nitrogens with one attached hydrogen (secondary N) is 1. The van der Waals surface area contributed by atoms with E-state index in [1.807, 2.05) is 13.1 Å². The third kappa shape index (κ3) is 2.20. The number of hydrogen-bond donors (Lipinski definition) is 1. The van der Waals surface area contributed by atoms with Gasteiger partial charge >= 0.3 is 0 Å². The van der Waals surface area contributed by atoms with Crippen LogP contribution in [0.3, 0.4) is 0 Å². The number of ether oxygens (including phenoxy) is 2. The summed E-state index contributed by atoms with van der Waals surface area (Å²) >= 11 is 0. The van der Waals surface area contributed by atoms with E-state index >= 15 is 0 Å². The van der Waals surface area contributed by atoms with E-state index in [1.165, 1.54) is 11.1 Å². The van der Waals surface area contributed by atoms with Gasteiger partial charge in [-0.25, -0.2) is 0 Å². The molecule has 1 unspecified atom stereocenters. The van der Waals surface area contributed by atoms with Gasteiger partial charge in [0.1, 0.15) is 12.4 Å². The molecule has 0 aliphatic heterocycles. The molecule has 3 nitrogen and oxygen atoms in total. The standard InChI is InChI=1S/C13H19NO2/c1-14-12-7-6-11-10(12)4-3-5-13(11)16-9-8-15-2/h3-5,12,14H,6-9H2,1-2H3. The van der Waals surface area contributed by atoms with Crippen molar-refractivity contribution in [2.45, 2.75) is 18.9 Å². The van der Waals surface area contributed by atoms with Crippen LogP contribution in [0, 0.1) is 0 Å². The Hall–Kier alpha value is -1.06. The average molecular weight is 221 g/mol. The Kier molecular flexibility index (Phi) is 3.80. The summed E-state index contributed by atoms with van der Waals surface area (Å²) in [6.45, 7) is 1.26. The molecule has 1 aromatic carbocycles. The van der Waals surface area contributed by atoms with E-state index < -0.39 is 0 Å². The lowest BCUT2D eigenvalue weighted by molar-refractivity contribution is 0.146. The summed E-state index contributed by atoms with van der Waals surface area (Å²) in [5, 5.41) is 3.33. The molecule has 1 atom stereocenters. The Morgan fingerprint density at radius 1 is 1.38 bits per heavy atom. The van der Waals surface area contributed by atoms with Crippen LogP contribution in [-0.4, -0.2) is 27.4 Å². The maximum absolute atomic E-state index is 5.73. The van der Waals surface area contributed by atoms with E-state index in [4.69, 9.17) is 9.47 Å². The van der Waals surface area contributed by atoms with Crippen molar-refractivity contribution in [3.8, 4) is 5.75 Å². The minimum absolute atomic E-state index is 0.487. The fourth-order valence-corrected chi connectivity index (χ4v) is 2.29. The van der Waals surface area contributed by atoms with E-state index in [2.05, 4.69) is 17.4 Å². The first-order chi connectivity index (χ1) is 7.86. The Labute approximate surface area is 96.8 Å². The molecule has 0 bridgehead atoms. The molecule has 1 aromatic rings. The van der Waals surface area contributed by atoms with Crippen molar-refractivity contribution in [2.75, 3.05) is 27.4 Å². The summed E-state index contributed by atoms with van der Waals surface area (Å²) in [7, 11) is 3.70. The molecule has 0 aromatic heterocycles. The molecule has 1 aliphatic carbocycles. The van der Waals surface area contributed by atoms with Gasteiger partial charge in [0.25, 0.3) is 0 Å². The molecule has 0 radical (unpaired) electrons. The highest BCUT2D eigenvalue weighted by atomic mass is 16.5. The van der Waals surface area contributed by atoms with Crippen molar-refractivity contribution in [1.82, 2.24) is 5.32 Å². The molecule has 88 valence electrons. The summed E-state index contributed by atoms with van der Waals surface area (Å²) < 4.78 is 10.7. The number of rotatable bonds is 5. The van der Waals surface area contributed by atoms with E-state index in [-0.39, 0.29) is 0 Å². The van der Waals surface area contributed by atoms with Crippen LogP contribution in [0.2, 0.25) is 0 Å². The highest BCUT2D eigenvalue weighted by Crippen LogP contribution is 2.36. The third-order valence-electron chi connectivity index (χ3n) is 3.12. The first-order valence-corrected chi connectivity index (χ1v) is 5.77. The van der Waals surface area contributed by atoms with Crippen LogP contribution in [-0.2, 0) is 11.2 Å². The number of benzene rings is 1. The molecule has 2 rings (SSSR count). The van der Waals surface area contributed by atoms with Crippen molar-refractivity contribution in [1.29, 1.82) is 0 Å². The summed E-state index contributed by atoms with van der Waals surface area (Å²) in [4.78, 5) is 0. The quantitative estimate of drug-likeness (QED) is 0.771. The molecule has 0 amide bonds. The average Bonchev–Trinajstić information content (AvgIpc) is 2.73. The van der Waals surface area contributed by atoms with Crippen molar-refractivity contribution in [2.24, 2.45) is 0 Å². The molecule has 0 heterocycles. The van der Waals surface area contributed by atoms with E-state index in [9.17, 15) is 0 Å². The minimum atomic E-state index is 0.487. The van der Waals surface area contributed by atoms with Crippen molar-refractivity contribution >= 4 is 0 Å². The smallest absolute Gasteiger partial charge is 0.122 e. The van der Waals surface area contributed by atoms with E-state index in [1.54, 1.807) is 7.11 Å². The Morgan fingerprint density at radius 2 is 2.25 bits per heavy atom. The molecule has 1 aliphatic rings. The van der Waals surface area contributed by atoms with Gasteiger partial charge in [-0.2, -0.15) is 0 Å². The van der Waals surface area contributed by atoms with Gasteiger partial charge in [0, 0.05) is 13.2 Å². The van der Waals surface area contributed by atoms with Crippen LogP contribution in [0.15, 0.2) is 18.2 Å². The first kappa shape index (κ1) is 11.4. The summed E-state index contributed by atoms with van der Waals surface area (Å²) in [6, 6.07) is 6.79. The van der Waals surface area contributed by atoms with Gasteiger partial charge in [-0.1, -0.05) is 12.1 Å². The zero-order valence-electron chi connectivity index (χ0n) is 9.95. The number of methoxy groups -OCH3 is 1. The van der Waals surface area contributed by atoms with Gasteiger partial charge in [-0.3, -0.25) is 0 Å². The second-order valence-electron chi connectivity index (χ2n) is 4.05. The molecule has 0 spiro atoms. The fourth-order valence-electron chi connectivity index (χ4n) is 2.29. The van der Waals surface area contributed by atoms with Crippen molar-refractivity contribution in [3.63, 3.8) is 0 Å². The lowest BCUT2D eigenvalue weighted by atomic mass is 10.1. The molecule has 3 heteroatoms. The molecule has 0 saturated heterocycles. The van der Waals surface area contributed by atoms with Gasteiger partial charge in [-0.15, -0.1) is 0 Å². The lowest BCUT2D eigenvalue weighted by Crippen LogP contribution is -2.12. The van der Waals surface area contributed by atoms with Gasteiger partial charge in [-0.05, 0) is 37.1 Å². The summed E-state index contributed by atoms with van der Waals surface area (Å²) in [5.41, 5.74) is 2.75. The Morgan fingerprint density at radius 3 is 3.00 bits per heavy atom. The van der Waals surface area contributed by atoms with Crippen molar-refractivity contribution < 1.29 is 9.47 Å². The van der Waals surface area contributed by atoms with Gasteiger partial charge in [0.15, 0.2) is 0 Å². The minimum Gasteiger partial charge on any atom is -0.491 e. The molecule has 0 saturated carbocycles. The molecular formula is C13H19NO2. The number of fused-ring (bicyclic) bond motifs is 1. The lowest BCUT2D eigenvalue weighted by Gasteiger charge is -2.12. The SMILES string of the molecule is CNC1CCc2c(OCCOC)cccc21. The second-order valence-corrected chi connectivity index (χ2v) is 4.05. The largest absolute Gasteiger partial charge is 0.491 e. The van der Waals surface area contributed by atoms with Crippen LogP contribution in [0.1, 0.15) is 23.6 Å². The summed E-state index contributed by atoms with van der Waals surface area (Å²) in [5.74, 6) is 1.02. The summed E-state index contributed by atoms with van der Waals surface area (Å²) in [6.07, 6.45) is 2.26. The maximum atomic E-state index is 5.73. The van der Waals surface area contributed by atoms with Crippen LogP contribution < -0.4 is 10.1 Å². The van der Waals surface area contributed by atoms with Gasteiger partial charge < -0.3 is 14.8 Å². The fraction of sp³-hybridized carbons (Fsp3) is 0.538. The van der Waals surface area contributed by atoms with E-state index in [0.29, 0.717) is 19.3 Å². The normalized spacial score (nSPS) is 18.5. The maximum Gasteiger partial charge on any atom is 0.122 e. The highest BCUT2D eigenvalue weighted by Gasteiger charge is 2.23. The predicted molar refractivity (Wildman–Crippen MR) is 63.9 cm³/mol. The Bertz CT molecular complexity index is 352. The van der Waals surface area contributed by atoms with Gasteiger partial charge in [0.05, 0.1) is 6.61 Å². The molecule has 16 heavy (non-hydrogen) atoms.